The van der Waals surface area contributed by atoms with Crippen molar-refractivity contribution in [3.05, 3.63) is 52.4 Å². The van der Waals surface area contributed by atoms with E-state index in [2.05, 4.69) is 6.92 Å². The molecule has 2 aromatic rings. The molecule has 2 unspecified atom stereocenters. The third-order valence-corrected chi connectivity index (χ3v) is 4.94. The molecule has 0 bridgehead atoms. The molecule has 0 fully saturated rings. The summed E-state index contributed by atoms with van der Waals surface area (Å²) in [7, 11) is 0. The Labute approximate surface area is 127 Å². The van der Waals surface area contributed by atoms with Crippen molar-refractivity contribution >= 4 is 35.0 Å². The van der Waals surface area contributed by atoms with Crippen molar-refractivity contribution in [1.29, 1.82) is 0 Å². The number of furan rings is 1. The standard InChI is InChI=1S/C14H15Cl2NOS/c1-2-11(17)14(12-4-3-7-18-12)19-13-8-9(15)5-6-10(13)16/h3-8,11,14H,2,17H2,1H3. The maximum Gasteiger partial charge on any atom is 0.118 e. The molecule has 0 radical (unpaired) electrons. The lowest BCUT2D eigenvalue weighted by Crippen LogP contribution is -2.25. The highest BCUT2D eigenvalue weighted by atomic mass is 35.5. The summed E-state index contributed by atoms with van der Waals surface area (Å²) in [6.45, 7) is 2.06. The first-order valence-electron chi connectivity index (χ1n) is 6.02. The van der Waals surface area contributed by atoms with Crippen LogP contribution in [0, 0.1) is 0 Å². The molecular formula is C14H15Cl2NOS. The highest BCUT2D eigenvalue weighted by molar-refractivity contribution is 7.99. The van der Waals surface area contributed by atoms with Gasteiger partial charge in [0.2, 0.25) is 0 Å². The third-order valence-electron chi connectivity index (χ3n) is 2.83. The lowest BCUT2D eigenvalue weighted by molar-refractivity contribution is 0.474. The van der Waals surface area contributed by atoms with Crippen molar-refractivity contribution in [3.63, 3.8) is 0 Å². The smallest absolute Gasteiger partial charge is 0.118 e. The van der Waals surface area contributed by atoms with Gasteiger partial charge in [0.15, 0.2) is 0 Å². The Balaban J connectivity index is 2.28. The zero-order valence-corrected chi connectivity index (χ0v) is 12.8. The SMILES string of the molecule is CCC(N)C(Sc1cc(Cl)ccc1Cl)c1ccco1. The second-order valence-electron chi connectivity index (χ2n) is 4.20. The first-order valence-corrected chi connectivity index (χ1v) is 7.66. The van der Waals surface area contributed by atoms with Gasteiger partial charge in [0, 0.05) is 16.0 Å². The van der Waals surface area contributed by atoms with Crippen molar-refractivity contribution in [3.8, 4) is 0 Å². The molecule has 2 N–H and O–H groups in total. The number of benzene rings is 1. The van der Waals surface area contributed by atoms with Gasteiger partial charge in [-0.15, -0.1) is 11.8 Å². The van der Waals surface area contributed by atoms with Crippen LogP contribution in [0.15, 0.2) is 45.9 Å². The summed E-state index contributed by atoms with van der Waals surface area (Å²) in [6.07, 6.45) is 2.52. The molecule has 0 aliphatic heterocycles. The number of rotatable bonds is 5. The summed E-state index contributed by atoms with van der Waals surface area (Å²) in [5.41, 5.74) is 6.19. The molecule has 1 heterocycles. The van der Waals surface area contributed by atoms with Crippen LogP contribution in [0.3, 0.4) is 0 Å². The molecular weight excluding hydrogens is 301 g/mol. The second kappa shape index (κ2) is 6.71. The normalized spacial score (nSPS) is 14.3. The summed E-state index contributed by atoms with van der Waals surface area (Å²) in [5, 5.41) is 1.36. The van der Waals surface area contributed by atoms with Crippen LogP contribution in [0.4, 0.5) is 0 Å². The highest BCUT2D eigenvalue weighted by Crippen LogP contribution is 2.42. The van der Waals surface area contributed by atoms with E-state index in [1.807, 2.05) is 18.2 Å². The van der Waals surface area contributed by atoms with Crippen LogP contribution in [0.2, 0.25) is 10.0 Å². The van der Waals surface area contributed by atoms with Gasteiger partial charge in [0.25, 0.3) is 0 Å². The van der Waals surface area contributed by atoms with E-state index in [0.29, 0.717) is 10.0 Å². The number of hydrogen-bond donors (Lipinski definition) is 1. The first-order chi connectivity index (χ1) is 9.11. The topological polar surface area (TPSA) is 39.2 Å². The molecule has 0 spiro atoms. The molecule has 2 atom stereocenters. The predicted molar refractivity (Wildman–Crippen MR) is 82.0 cm³/mol. The van der Waals surface area contributed by atoms with Gasteiger partial charge in [0.1, 0.15) is 5.76 Å². The van der Waals surface area contributed by atoms with Crippen LogP contribution in [-0.4, -0.2) is 6.04 Å². The molecule has 1 aromatic heterocycles. The molecule has 0 saturated carbocycles. The molecule has 19 heavy (non-hydrogen) atoms. The van der Waals surface area contributed by atoms with Gasteiger partial charge in [0.05, 0.1) is 16.5 Å². The van der Waals surface area contributed by atoms with Crippen molar-refractivity contribution < 1.29 is 4.42 Å². The number of thioether (sulfide) groups is 1. The van der Waals surface area contributed by atoms with Crippen LogP contribution in [-0.2, 0) is 0 Å². The monoisotopic (exact) mass is 315 g/mol. The van der Waals surface area contributed by atoms with Gasteiger partial charge in [-0.05, 0) is 36.8 Å². The fourth-order valence-electron chi connectivity index (χ4n) is 1.73. The average molecular weight is 316 g/mol. The van der Waals surface area contributed by atoms with Crippen LogP contribution >= 0.6 is 35.0 Å². The minimum absolute atomic E-state index is 0.00815. The zero-order chi connectivity index (χ0) is 13.8. The lowest BCUT2D eigenvalue weighted by atomic mass is 10.1. The van der Waals surface area contributed by atoms with Gasteiger partial charge >= 0.3 is 0 Å². The van der Waals surface area contributed by atoms with E-state index >= 15 is 0 Å². The average Bonchev–Trinajstić information content (AvgIpc) is 2.92. The largest absolute Gasteiger partial charge is 0.468 e. The first kappa shape index (κ1) is 14.8. The van der Waals surface area contributed by atoms with E-state index in [1.165, 1.54) is 0 Å². The second-order valence-corrected chi connectivity index (χ2v) is 6.23. The quantitative estimate of drug-likeness (QED) is 0.775. The Morgan fingerprint density at radius 1 is 1.32 bits per heavy atom. The third kappa shape index (κ3) is 3.69. The fourth-order valence-corrected chi connectivity index (χ4v) is 3.48. The van der Waals surface area contributed by atoms with E-state index in [0.717, 1.165) is 17.1 Å². The van der Waals surface area contributed by atoms with Crippen LogP contribution in [0.1, 0.15) is 24.4 Å². The Morgan fingerprint density at radius 3 is 2.74 bits per heavy atom. The van der Waals surface area contributed by atoms with Gasteiger partial charge < -0.3 is 10.2 Å². The van der Waals surface area contributed by atoms with Crippen LogP contribution < -0.4 is 5.73 Å². The summed E-state index contributed by atoms with van der Waals surface area (Å²) < 4.78 is 5.48. The van der Waals surface area contributed by atoms with Crippen molar-refractivity contribution in [2.45, 2.75) is 29.5 Å². The van der Waals surface area contributed by atoms with E-state index in [4.69, 9.17) is 33.4 Å². The molecule has 0 aliphatic rings. The molecule has 2 nitrogen and oxygen atoms in total. The van der Waals surface area contributed by atoms with Gasteiger partial charge in [-0.3, -0.25) is 0 Å². The van der Waals surface area contributed by atoms with E-state index in [9.17, 15) is 0 Å². The van der Waals surface area contributed by atoms with Crippen molar-refractivity contribution in [1.82, 2.24) is 0 Å². The summed E-state index contributed by atoms with van der Waals surface area (Å²) >= 11 is 13.8. The number of halogens is 2. The minimum atomic E-state index is -0.00815. The van der Waals surface area contributed by atoms with E-state index in [-0.39, 0.29) is 11.3 Å². The Kier molecular flexibility index (Phi) is 5.22. The summed E-state index contributed by atoms with van der Waals surface area (Å²) in [4.78, 5) is 0.916. The molecule has 0 amide bonds. The summed E-state index contributed by atoms with van der Waals surface area (Å²) in [6, 6.07) is 9.22. The minimum Gasteiger partial charge on any atom is -0.468 e. The van der Waals surface area contributed by atoms with Crippen LogP contribution in [0.25, 0.3) is 0 Å². The van der Waals surface area contributed by atoms with Crippen LogP contribution in [0.5, 0.6) is 0 Å². The molecule has 102 valence electrons. The van der Waals surface area contributed by atoms with Crippen molar-refractivity contribution in [2.24, 2.45) is 5.73 Å². The summed E-state index contributed by atoms with van der Waals surface area (Å²) in [5.74, 6) is 0.857. The van der Waals surface area contributed by atoms with Gasteiger partial charge in [-0.1, -0.05) is 30.1 Å². The van der Waals surface area contributed by atoms with Gasteiger partial charge in [-0.25, -0.2) is 0 Å². The molecule has 0 saturated heterocycles. The number of nitrogens with two attached hydrogens (primary N) is 1. The van der Waals surface area contributed by atoms with Gasteiger partial charge in [-0.2, -0.15) is 0 Å². The fraction of sp³-hybridized carbons (Fsp3) is 0.286. The molecule has 0 aliphatic carbocycles. The maximum absolute atomic E-state index is 6.20. The molecule has 2 rings (SSSR count). The Bertz CT molecular complexity index is 530. The Morgan fingerprint density at radius 2 is 2.11 bits per heavy atom. The highest BCUT2D eigenvalue weighted by Gasteiger charge is 2.23. The molecule has 1 aromatic carbocycles. The number of hydrogen-bond acceptors (Lipinski definition) is 3. The predicted octanol–water partition coefficient (Wildman–Crippen LogP) is 5.16. The maximum atomic E-state index is 6.20. The van der Waals surface area contributed by atoms with E-state index in [1.54, 1.807) is 30.2 Å². The lowest BCUT2D eigenvalue weighted by Gasteiger charge is -2.21. The Hall–Kier alpha value is -0.610. The zero-order valence-electron chi connectivity index (χ0n) is 10.5. The van der Waals surface area contributed by atoms with Crippen molar-refractivity contribution in [2.75, 3.05) is 0 Å². The van der Waals surface area contributed by atoms with E-state index < -0.39 is 0 Å². The molecule has 5 heteroatoms.